The standard InChI is InChI=1S/C8H17NO2/c1-8(10)11-7-5-4-6-9(2)3/h4-7H2,1-3H3. The lowest BCUT2D eigenvalue weighted by molar-refractivity contribution is -0.141. The van der Waals surface area contributed by atoms with E-state index in [1.54, 1.807) is 0 Å². The molecular weight excluding hydrogens is 142 g/mol. The number of carbonyl (C=O) groups excluding carboxylic acids is 1. The number of hydrogen-bond donors (Lipinski definition) is 0. The summed E-state index contributed by atoms with van der Waals surface area (Å²) in [6, 6.07) is 0. The van der Waals surface area contributed by atoms with E-state index in [-0.39, 0.29) is 5.97 Å². The average Bonchev–Trinajstić information content (AvgIpc) is 1.85. The fraction of sp³-hybridized carbons (Fsp3) is 0.875. The van der Waals surface area contributed by atoms with Crippen molar-refractivity contribution in [1.82, 2.24) is 4.90 Å². The molecule has 0 aromatic heterocycles. The number of ether oxygens (including phenoxy) is 1. The molecular formula is C8H17NO2. The van der Waals surface area contributed by atoms with Crippen LogP contribution in [-0.2, 0) is 9.53 Å². The van der Waals surface area contributed by atoms with Gasteiger partial charge >= 0.3 is 5.97 Å². The van der Waals surface area contributed by atoms with E-state index in [9.17, 15) is 4.79 Å². The van der Waals surface area contributed by atoms with Gasteiger partial charge < -0.3 is 9.64 Å². The zero-order chi connectivity index (χ0) is 8.69. The number of unbranched alkanes of at least 4 members (excludes halogenated alkanes) is 1. The van der Waals surface area contributed by atoms with Crippen LogP contribution in [0.1, 0.15) is 19.8 Å². The summed E-state index contributed by atoms with van der Waals surface area (Å²) in [5.74, 6) is -0.185. The highest BCUT2D eigenvalue weighted by atomic mass is 16.5. The molecule has 0 saturated carbocycles. The maximum absolute atomic E-state index is 10.3. The Balaban J connectivity index is 2.97. The van der Waals surface area contributed by atoms with Crippen molar-refractivity contribution in [3.63, 3.8) is 0 Å². The van der Waals surface area contributed by atoms with Gasteiger partial charge in [0.1, 0.15) is 0 Å². The lowest BCUT2D eigenvalue weighted by Gasteiger charge is -2.08. The number of hydrogen-bond acceptors (Lipinski definition) is 3. The second kappa shape index (κ2) is 6.16. The molecule has 0 saturated heterocycles. The fourth-order valence-electron chi connectivity index (χ4n) is 0.746. The largest absolute Gasteiger partial charge is 0.466 e. The van der Waals surface area contributed by atoms with Crippen LogP contribution >= 0.6 is 0 Å². The molecule has 3 heteroatoms. The molecule has 0 aliphatic heterocycles. The highest BCUT2D eigenvalue weighted by Gasteiger charge is 1.93. The third-order valence-corrected chi connectivity index (χ3v) is 1.30. The molecule has 0 spiro atoms. The van der Waals surface area contributed by atoms with Crippen molar-refractivity contribution in [3.8, 4) is 0 Å². The summed E-state index contributed by atoms with van der Waals surface area (Å²) in [7, 11) is 4.07. The fourth-order valence-corrected chi connectivity index (χ4v) is 0.746. The molecule has 0 heterocycles. The Morgan fingerprint density at radius 2 is 2.00 bits per heavy atom. The Morgan fingerprint density at radius 1 is 1.36 bits per heavy atom. The molecule has 0 bridgehead atoms. The van der Waals surface area contributed by atoms with Crippen molar-refractivity contribution in [2.24, 2.45) is 0 Å². The van der Waals surface area contributed by atoms with Crippen LogP contribution in [0.4, 0.5) is 0 Å². The van der Waals surface area contributed by atoms with E-state index in [4.69, 9.17) is 4.74 Å². The van der Waals surface area contributed by atoms with E-state index in [0.29, 0.717) is 6.61 Å². The number of carbonyl (C=O) groups is 1. The zero-order valence-corrected chi connectivity index (χ0v) is 7.59. The highest BCUT2D eigenvalue weighted by Crippen LogP contribution is 1.91. The summed E-state index contributed by atoms with van der Waals surface area (Å²) in [5.41, 5.74) is 0. The minimum atomic E-state index is -0.185. The summed E-state index contributed by atoms with van der Waals surface area (Å²) in [4.78, 5) is 12.4. The predicted octanol–water partition coefficient (Wildman–Crippen LogP) is 0.891. The molecule has 11 heavy (non-hydrogen) atoms. The first kappa shape index (κ1) is 10.4. The second-order valence-corrected chi connectivity index (χ2v) is 2.85. The van der Waals surface area contributed by atoms with Gasteiger partial charge in [-0.2, -0.15) is 0 Å². The van der Waals surface area contributed by atoms with Gasteiger partial charge in [0.05, 0.1) is 6.61 Å². The topological polar surface area (TPSA) is 29.5 Å². The van der Waals surface area contributed by atoms with E-state index in [1.165, 1.54) is 6.92 Å². The first-order chi connectivity index (χ1) is 5.13. The Kier molecular flexibility index (Phi) is 5.84. The maximum Gasteiger partial charge on any atom is 0.302 e. The molecule has 66 valence electrons. The summed E-state index contributed by atoms with van der Waals surface area (Å²) in [5, 5.41) is 0. The predicted molar refractivity (Wildman–Crippen MR) is 44.4 cm³/mol. The highest BCUT2D eigenvalue weighted by molar-refractivity contribution is 5.65. The SMILES string of the molecule is CC(=O)OCCCCN(C)C. The molecule has 0 unspecified atom stereocenters. The molecule has 0 aromatic rings. The lowest BCUT2D eigenvalue weighted by Crippen LogP contribution is -2.13. The van der Waals surface area contributed by atoms with Crippen molar-refractivity contribution in [2.45, 2.75) is 19.8 Å². The van der Waals surface area contributed by atoms with E-state index in [2.05, 4.69) is 4.90 Å². The van der Waals surface area contributed by atoms with Crippen LogP contribution in [0.15, 0.2) is 0 Å². The van der Waals surface area contributed by atoms with Gasteiger partial charge in [0.25, 0.3) is 0 Å². The first-order valence-electron chi connectivity index (χ1n) is 3.91. The third kappa shape index (κ3) is 9.43. The molecule has 0 fully saturated rings. The van der Waals surface area contributed by atoms with Gasteiger partial charge in [-0.25, -0.2) is 0 Å². The summed E-state index contributed by atoms with van der Waals surface area (Å²) >= 11 is 0. The van der Waals surface area contributed by atoms with Crippen molar-refractivity contribution in [3.05, 3.63) is 0 Å². The second-order valence-electron chi connectivity index (χ2n) is 2.85. The van der Waals surface area contributed by atoms with Crippen molar-refractivity contribution in [1.29, 1.82) is 0 Å². The van der Waals surface area contributed by atoms with Crippen LogP contribution in [0, 0.1) is 0 Å². The quantitative estimate of drug-likeness (QED) is 0.441. The van der Waals surface area contributed by atoms with Crippen LogP contribution in [0.3, 0.4) is 0 Å². The normalized spacial score (nSPS) is 10.2. The first-order valence-corrected chi connectivity index (χ1v) is 3.91. The van der Waals surface area contributed by atoms with Crippen molar-refractivity contribution >= 4 is 5.97 Å². The van der Waals surface area contributed by atoms with Crippen molar-refractivity contribution in [2.75, 3.05) is 27.2 Å². The number of nitrogens with zero attached hydrogens (tertiary/aromatic N) is 1. The number of rotatable bonds is 5. The summed E-state index contributed by atoms with van der Waals surface area (Å²) in [6.07, 6.45) is 2.04. The monoisotopic (exact) mass is 159 g/mol. The van der Waals surface area contributed by atoms with Gasteiger partial charge in [0, 0.05) is 6.92 Å². The van der Waals surface area contributed by atoms with Crippen LogP contribution in [0.5, 0.6) is 0 Å². The van der Waals surface area contributed by atoms with Gasteiger partial charge in [0.2, 0.25) is 0 Å². The van der Waals surface area contributed by atoms with Gasteiger partial charge in [-0.3, -0.25) is 4.79 Å². The summed E-state index contributed by atoms with van der Waals surface area (Å²) in [6.45, 7) is 3.05. The van der Waals surface area contributed by atoms with Gasteiger partial charge in [-0.1, -0.05) is 0 Å². The molecule has 0 aliphatic carbocycles. The van der Waals surface area contributed by atoms with Gasteiger partial charge in [0.15, 0.2) is 0 Å². The Hall–Kier alpha value is -0.570. The van der Waals surface area contributed by atoms with Crippen LogP contribution in [0.2, 0.25) is 0 Å². The molecule has 0 atom stereocenters. The zero-order valence-electron chi connectivity index (χ0n) is 7.59. The Bertz CT molecular complexity index is 113. The molecule has 0 N–H and O–H groups in total. The average molecular weight is 159 g/mol. The van der Waals surface area contributed by atoms with E-state index in [0.717, 1.165) is 19.4 Å². The van der Waals surface area contributed by atoms with Crippen LogP contribution < -0.4 is 0 Å². The number of esters is 1. The molecule has 0 radical (unpaired) electrons. The molecule has 3 nitrogen and oxygen atoms in total. The lowest BCUT2D eigenvalue weighted by atomic mass is 10.3. The van der Waals surface area contributed by atoms with Crippen molar-refractivity contribution < 1.29 is 9.53 Å². The van der Waals surface area contributed by atoms with E-state index < -0.39 is 0 Å². The van der Waals surface area contributed by atoms with Gasteiger partial charge in [-0.15, -0.1) is 0 Å². The van der Waals surface area contributed by atoms with Gasteiger partial charge in [-0.05, 0) is 33.5 Å². The van der Waals surface area contributed by atoms with Crippen LogP contribution in [-0.4, -0.2) is 38.1 Å². The molecule has 0 aromatic carbocycles. The molecule has 0 rings (SSSR count). The minimum absolute atomic E-state index is 0.185. The Morgan fingerprint density at radius 3 is 2.45 bits per heavy atom. The molecule has 0 amide bonds. The van der Waals surface area contributed by atoms with E-state index >= 15 is 0 Å². The Labute approximate surface area is 68.3 Å². The third-order valence-electron chi connectivity index (χ3n) is 1.30. The smallest absolute Gasteiger partial charge is 0.302 e. The van der Waals surface area contributed by atoms with Crippen LogP contribution in [0.25, 0.3) is 0 Å². The van der Waals surface area contributed by atoms with E-state index in [1.807, 2.05) is 14.1 Å². The molecule has 0 aliphatic rings. The summed E-state index contributed by atoms with van der Waals surface area (Å²) < 4.78 is 4.77. The maximum atomic E-state index is 10.3. The minimum Gasteiger partial charge on any atom is -0.466 e.